The Morgan fingerprint density at radius 2 is 1.81 bits per heavy atom. The van der Waals surface area contributed by atoms with Crippen LogP contribution in [0.5, 0.6) is 5.75 Å². The third-order valence-electron chi connectivity index (χ3n) is 4.04. The van der Waals surface area contributed by atoms with E-state index in [0.717, 1.165) is 26.7 Å². The Morgan fingerprint density at radius 1 is 1.11 bits per heavy atom. The summed E-state index contributed by atoms with van der Waals surface area (Å²) in [5, 5.41) is 10.0. The number of rotatable bonds is 5. The van der Waals surface area contributed by atoms with Crippen LogP contribution < -0.4 is 4.74 Å². The van der Waals surface area contributed by atoms with Gasteiger partial charge in [0.25, 0.3) is 0 Å². The fourth-order valence-corrected chi connectivity index (χ4v) is 3.60. The van der Waals surface area contributed by atoms with E-state index in [9.17, 15) is 5.26 Å². The first-order chi connectivity index (χ1) is 13.1. The lowest BCUT2D eigenvalue weighted by atomic mass is 10.0. The molecular weight excluding hydrogens is 422 g/mol. The van der Waals surface area contributed by atoms with Crippen LogP contribution in [0.1, 0.15) is 22.3 Å². The molecule has 0 radical (unpaired) electrons. The standard InChI is InChI=1S/C23H17BrClNO/c1-16-7-9-19(10-8-16)20(14-26)11-18-12-21(24)23(22(25)13-18)27-15-17-5-3-2-4-6-17/h2-13H,15H2,1H3/b20-11-. The van der Waals surface area contributed by atoms with E-state index >= 15 is 0 Å². The Morgan fingerprint density at radius 3 is 2.44 bits per heavy atom. The van der Waals surface area contributed by atoms with E-state index in [-0.39, 0.29) is 0 Å². The number of hydrogen-bond acceptors (Lipinski definition) is 2. The van der Waals surface area contributed by atoms with Gasteiger partial charge < -0.3 is 4.74 Å². The van der Waals surface area contributed by atoms with Gasteiger partial charge >= 0.3 is 0 Å². The molecule has 0 aromatic heterocycles. The summed E-state index contributed by atoms with van der Waals surface area (Å²) in [5.41, 5.74) is 4.50. The first-order valence-electron chi connectivity index (χ1n) is 8.41. The molecule has 4 heteroatoms. The summed E-state index contributed by atoms with van der Waals surface area (Å²) in [5.74, 6) is 0.589. The number of benzene rings is 3. The minimum absolute atomic E-state index is 0.432. The highest BCUT2D eigenvalue weighted by Gasteiger charge is 2.10. The van der Waals surface area contributed by atoms with Crippen LogP contribution in [0.15, 0.2) is 71.2 Å². The Bertz CT molecular complexity index is 982. The number of ether oxygens (including phenoxy) is 1. The summed E-state index contributed by atoms with van der Waals surface area (Å²) >= 11 is 9.95. The van der Waals surface area contributed by atoms with Crippen molar-refractivity contribution < 1.29 is 4.74 Å². The van der Waals surface area contributed by atoms with E-state index in [0.29, 0.717) is 23.0 Å². The van der Waals surface area contributed by atoms with Gasteiger partial charge in [-0.05, 0) is 57.8 Å². The minimum atomic E-state index is 0.432. The molecule has 0 aliphatic carbocycles. The summed E-state index contributed by atoms with van der Waals surface area (Å²) in [6, 6.07) is 23.7. The molecule has 134 valence electrons. The second-order valence-corrected chi connectivity index (χ2v) is 7.39. The second kappa shape index (κ2) is 8.90. The molecule has 3 aromatic rings. The van der Waals surface area contributed by atoms with Gasteiger partial charge in [-0.25, -0.2) is 0 Å². The molecule has 0 fully saturated rings. The van der Waals surface area contributed by atoms with Crippen molar-refractivity contribution >= 4 is 39.2 Å². The van der Waals surface area contributed by atoms with E-state index in [2.05, 4.69) is 22.0 Å². The van der Waals surface area contributed by atoms with Crippen molar-refractivity contribution in [1.29, 1.82) is 5.26 Å². The maximum atomic E-state index is 9.53. The molecule has 0 amide bonds. The van der Waals surface area contributed by atoms with Gasteiger partial charge in [-0.1, -0.05) is 71.8 Å². The molecule has 0 aliphatic heterocycles. The molecule has 2 nitrogen and oxygen atoms in total. The van der Waals surface area contributed by atoms with Crippen LogP contribution in [-0.4, -0.2) is 0 Å². The van der Waals surface area contributed by atoms with Crippen molar-refractivity contribution in [1.82, 2.24) is 0 Å². The van der Waals surface area contributed by atoms with Gasteiger partial charge in [0.05, 0.1) is 21.1 Å². The SMILES string of the molecule is Cc1ccc(/C(C#N)=C\c2cc(Cl)c(OCc3ccccc3)c(Br)c2)cc1. The number of nitrogens with zero attached hydrogens (tertiary/aromatic N) is 1. The lowest BCUT2D eigenvalue weighted by Gasteiger charge is -2.11. The minimum Gasteiger partial charge on any atom is -0.486 e. The average Bonchev–Trinajstić information content (AvgIpc) is 2.67. The van der Waals surface area contributed by atoms with Gasteiger partial charge in [-0.3, -0.25) is 0 Å². The third-order valence-corrected chi connectivity index (χ3v) is 4.91. The smallest absolute Gasteiger partial charge is 0.152 e. The summed E-state index contributed by atoms with van der Waals surface area (Å²) < 4.78 is 6.62. The fourth-order valence-electron chi connectivity index (χ4n) is 2.61. The number of hydrogen-bond donors (Lipinski definition) is 0. The van der Waals surface area contributed by atoms with E-state index in [1.807, 2.05) is 73.7 Å². The van der Waals surface area contributed by atoms with E-state index < -0.39 is 0 Å². The maximum Gasteiger partial charge on any atom is 0.152 e. The summed E-state index contributed by atoms with van der Waals surface area (Å²) in [7, 11) is 0. The zero-order chi connectivity index (χ0) is 19.2. The van der Waals surface area contributed by atoms with Gasteiger partial charge in [-0.2, -0.15) is 5.26 Å². The molecule has 0 saturated heterocycles. The Hall–Kier alpha value is -2.54. The normalized spacial score (nSPS) is 11.1. The number of allylic oxidation sites excluding steroid dienone is 1. The zero-order valence-electron chi connectivity index (χ0n) is 14.7. The largest absolute Gasteiger partial charge is 0.486 e. The molecular formula is C23H17BrClNO. The topological polar surface area (TPSA) is 33.0 Å². The lowest BCUT2D eigenvalue weighted by molar-refractivity contribution is 0.304. The number of aryl methyl sites for hydroxylation is 1. The molecule has 3 aromatic carbocycles. The third kappa shape index (κ3) is 5.01. The van der Waals surface area contributed by atoms with Crippen molar-refractivity contribution in [3.63, 3.8) is 0 Å². The molecule has 0 unspecified atom stereocenters. The van der Waals surface area contributed by atoms with Crippen molar-refractivity contribution in [2.45, 2.75) is 13.5 Å². The van der Waals surface area contributed by atoms with Crippen LogP contribution in [0.3, 0.4) is 0 Å². The zero-order valence-corrected chi connectivity index (χ0v) is 17.1. The first kappa shape index (κ1) is 19.2. The summed E-state index contributed by atoms with van der Waals surface area (Å²) in [4.78, 5) is 0. The molecule has 0 saturated carbocycles. The van der Waals surface area contributed by atoms with Crippen LogP contribution in [0.4, 0.5) is 0 Å². The van der Waals surface area contributed by atoms with Crippen LogP contribution >= 0.6 is 27.5 Å². The van der Waals surface area contributed by atoms with Gasteiger partial charge in [0, 0.05) is 0 Å². The van der Waals surface area contributed by atoms with Gasteiger partial charge in [0.15, 0.2) is 5.75 Å². The fraction of sp³-hybridized carbons (Fsp3) is 0.0870. The van der Waals surface area contributed by atoms with Crippen molar-refractivity contribution in [3.05, 3.63) is 98.5 Å². The monoisotopic (exact) mass is 437 g/mol. The van der Waals surface area contributed by atoms with Crippen LogP contribution in [-0.2, 0) is 6.61 Å². The average molecular weight is 439 g/mol. The van der Waals surface area contributed by atoms with Gasteiger partial charge in [0.1, 0.15) is 6.61 Å². The lowest BCUT2D eigenvalue weighted by Crippen LogP contribution is -1.97. The van der Waals surface area contributed by atoms with Crippen molar-refractivity contribution in [3.8, 4) is 11.8 Å². The molecule has 0 atom stereocenters. The van der Waals surface area contributed by atoms with E-state index in [1.54, 1.807) is 6.07 Å². The Labute approximate surface area is 172 Å². The maximum absolute atomic E-state index is 9.53. The molecule has 0 N–H and O–H groups in total. The molecule has 0 spiro atoms. The Balaban J connectivity index is 1.85. The Kier molecular flexibility index (Phi) is 6.34. The molecule has 0 bridgehead atoms. The molecule has 3 rings (SSSR count). The first-order valence-corrected chi connectivity index (χ1v) is 9.58. The van der Waals surface area contributed by atoms with Gasteiger partial charge in [-0.15, -0.1) is 0 Å². The predicted molar refractivity (Wildman–Crippen MR) is 115 cm³/mol. The molecule has 27 heavy (non-hydrogen) atoms. The van der Waals surface area contributed by atoms with E-state index in [1.165, 1.54) is 0 Å². The quantitative estimate of drug-likeness (QED) is 0.316. The highest BCUT2D eigenvalue weighted by Crippen LogP contribution is 2.36. The predicted octanol–water partition coefficient (Wildman–Crippen LogP) is 7.05. The van der Waals surface area contributed by atoms with Crippen molar-refractivity contribution in [2.24, 2.45) is 0 Å². The van der Waals surface area contributed by atoms with E-state index in [4.69, 9.17) is 16.3 Å². The highest BCUT2D eigenvalue weighted by atomic mass is 79.9. The van der Waals surface area contributed by atoms with Crippen LogP contribution in [0, 0.1) is 18.3 Å². The number of halogens is 2. The van der Waals surface area contributed by atoms with Crippen molar-refractivity contribution in [2.75, 3.05) is 0 Å². The van der Waals surface area contributed by atoms with Crippen LogP contribution in [0.2, 0.25) is 5.02 Å². The molecule has 0 heterocycles. The highest BCUT2D eigenvalue weighted by molar-refractivity contribution is 9.10. The summed E-state index contributed by atoms with van der Waals surface area (Å²) in [6.07, 6.45) is 1.82. The number of nitriles is 1. The molecule has 0 aliphatic rings. The second-order valence-electron chi connectivity index (χ2n) is 6.12. The van der Waals surface area contributed by atoms with Crippen LogP contribution in [0.25, 0.3) is 11.6 Å². The van der Waals surface area contributed by atoms with Gasteiger partial charge in [0.2, 0.25) is 0 Å². The summed E-state index contributed by atoms with van der Waals surface area (Å²) in [6.45, 7) is 2.45.